The van der Waals surface area contributed by atoms with E-state index in [1.807, 2.05) is 0 Å². The second-order valence-corrected chi connectivity index (χ2v) is 2.14. The number of alkyl halides is 1. The van der Waals surface area contributed by atoms with Crippen LogP contribution in [0.1, 0.15) is 0 Å². The van der Waals surface area contributed by atoms with E-state index in [0.717, 1.165) is 11.9 Å². The van der Waals surface area contributed by atoms with E-state index in [9.17, 15) is 0 Å². The lowest BCUT2D eigenvalue weighted by Crippen LogP contribution is -1.97. The molecule has 5 N–H and O–H groups in total. The van der Waals surface area contributed by atoms with Crippen LogP contribution in [0.3, 0.4) is 0 Å². The Hall–Kier alpha value is 0.260. The molecule has 5 heteroatoms. The fourth-order valence-corrected chi connectivity index (χ4v) is 0. The van der Waals surface area contributed by atoms with E-state index < -0.39 is 0 Å². The summed E-state index contributed by atoms with van der Waals surface area (Å²) in [5.74, 6) is 0. The minimum Gasteiger partial charge on any atom is -0.379 e. The summed E-state index contributed by atoms with van der Waals surface area (Å²) in [5.41, 5.74) is 9.54. The zero-order valence-corrected chi connectivity index (χ0v) is 6.87. The van der Waals surface area contributed by atoms with E-state index in [2.05, 4.69) is 34.3 Å². The lowest BCUT2D eigenvalue weighted by molar-refractivity contribution is 1.16. The van der Waals surface area contributed by atoms with Crippen LogP contribution < -0.4 is 11.5 Å². The Bertz CT molecular complexity index is 52.5. The summed E-state index contributed by atoms with van der Waals surface area (Å²) in [6.45, 7) is 0.736. The number of hydrogen-bond donors (Lipinski definition) is 4. The number of nitrogens with one attached hydrogen (secondary N) is 1. The molecule has 0 rings (SSSR count). The van der Waals surface area contributed by atoms with Crippen molar-refractivity contribution in [2.24, 2.45) is 11.5 Å². The highest BCUT2D eigenvalue weighted by molar-refractivity contribution is 9.09. The van der Waals surface area contributed by atoms with Crippen LogP contribution in [0.15, 0.2) is 0 Å². The molecule has 0 aliphatic heterocycles. The van der Waals surface area contributed by atoms with E-state index in [1.54, 1.807) is 0 Å². The molecule has 0 aromatic rings. The molecule has 50 valence electrons. The minimum atomic E-state index is -0.139. The van der Waals surface area contributed by atoms with Crippen molar-refractivity contribution in [3.63, 3.8) is 0 Å². The third kappa shape index (κ3) is 109. The van der Waals surface area contributed by atoms with Gasteiger partial charge in [0, 0.05) is 11.9 Å². The Morgan fingerprint density at radius 1 is 1.75 bits per heavy atom. The zero-order valence-electron chi connectivity index (χ0n) is 4.39. The SMILES string of the molecule is N=C(N)S.NCCBr. The summed E-state index contributed by atoms with van der Waals surface area (Å²) >= 11 is 6.45. The molecular formula is C3H10BrN3S. The first-order valence-electron chi connectivity index (χ1n) is 1.94. The van der Waals surface area contributed by atoms with Gasteiger partial charge in [-0.1, -0.05) is 15.9 Å². The number of amidine groups is 1. The molecule has 0 saturated heterocycles. The monoisotopic (exact) mass is 199 g/mol. The summed E-state index contributed by atoms with van der Waals surface area (Å²) in [5, 5.41) is 6.91. The molecule has 0 bridgehead atoms. The van der Waals surface area contributed by atoms with Crippen LogP contribution in [-0.2, 0) is 0 Å². The molecule has 0 aromatic heterocycles. The molecule has 0 amide bonds. The van der Waals surface area contributed by atoms with Gasteiger partial charge in [-0.25, -0.2) is 0 Å². The maximum absolute atomic E-state index is 6.14. The van der Waals surface area contributed by atoms with E-state index in [4.69, 9.17) is 11.1 Å². The fourth-order valence-electron chi connectivity index (χ4n) is 0. The van der Waals surface area contributed by atoms with Gasteiger partial charge < -0.3 is 11.5 Å². The molecule has 0 heterocycles. The molecule has 0 radical (unpaired) electrons. The first-order chi connectivity index (χ1) is 3.65. The highest BCUT2D eigenvalue weighted by atomic mass is 79.9. The molecule has 0 unspecified atom stereocenters. The van der Waals surface area contributed by atoms with Crippen LogP contribution >= 0.6 is 28.6 Å². The van der Waals surface area contributed by atoms with Crippen LogP contribution in [0.4, 0.5) is 0 Å². The second kappa shape index (κ2) is 10.3. The van der Waals surface area contributed by atoms with Gasteiger partial charge in [-0.05, 0) is 0 Å². The quantitative estimate of drug-likeness (QED) is 0.210. The molecule has 0 spiro atoms. The van der Waals surface area contributed by atoms with Crippen molar-refractivity contribution in [1.82, 2.24) is 0 Å². The smallest absolute Gasteiger partial charge is 0.147 e. The number of nitrogens with two attached hydrogens (primary N) is 2. The fraction of sp³-hybridized carbons (Fsp3) is 0.667. The number of hydrogen-bond acceptors (Lipinski definition) is 2. The molecule has 0 aliphatic rings. The van der Waals surface area contributed by atoms with Gasteiger partial charge in [-0.2, -0.15) is 0 Å². The maximum atomic E-state index is 6.14. The van der Waals surface area contributed by atoms with Gasteiger partial charge in [0.15, 0.2) is 0 Å². The summed E-state index contributed by atoms with van der Waals surface area (Å²) in [4.78, 5) is 0. The van der Waals surface area contributed by atoms with Crippen molar-refractivity contribution in [1.29, 1.82) is 5.41 Å². The summed E-state index contributed by atoms with van der Waals surface area (Å²) in [6.07, 6.45) is 0. The first-order valence-corrected chi connectivity index (χ1v) is 3.51. The summed E-state index contributed by atoms with van der Waals surface area (Å²) < 4.78 is 0. The Morgan fingerprint density at radius 2 is 1.88 bits per heavy atom. The maximum Gasteiger partial charge on any atom is 0.147 e. The number of thiol groups is 1. The van der Waals surface area contributed by atoms with E-state index in [0.29, 0.717) is 0 Å². The van der Waals surface area contributed by atoms with Crippen LogP contribution in [0.2, 0.25) is 0 Å². The van der Waals surface area contributed by atoms with E-state index in [1.165, 1.54) is 0 Å². The Morgan fingerprint density at radius 3 is 1.88 bits per heavy atom. The van der Waals surface area contributed by atoms with Crippen molar-refractivity contribution in [2.75, 3.05) is 11.9 Å². The van der Waals surface area contributed by atoms with Gasteiger partial charge in [0.25, 0.3) is 0 Å². The van der Waals surface area contributed by atoms with Gasteiger partial charge in [0.1, 0.15) is 5.17 Å². The Kier molecular flexibility index (Phi) is 14.3. The van der Waals surface area contributed by atoms with Gasteiger partial charge in [0.05, 0.1) is 0 Å². The van der Waals surface area contributed by atoms with E-state index >= 15 is 0 Å². The third-order valence-electron chi connectivity index (χ3n) is 0.109. The molecule has 0 aromatic carbocycles. The molecular weight excluding hydrogens is 190 g/mol. The van der Waals surface area contributed by atoms with Gasteiger partial charge in [-0.15, -0.1) is 12.6 Å². The molecule has 0 aliphatic carbocycles. The highest BCUT2D eigenvalue weighted by Gasteiger charge is 1.57. The van der Waals surface area contributed by atoms with Crippen LogP contribution in [0, 0.1) is 5.41 Å². The first kappa shape index (κ1) is 11.1. The van der Waals surface area contributed by atoms with Gasteiger partial charge >= 0.3 is 0 Å². The van der Waals surface area contributed by atoms with Gasteiger partial charge in [0.2, 0.25) is 0 Å². The lowest BCUT2D eigenvalue weighted by atomic mass is 10.8. The van der Waals surface area contributed by atoms with Crippen molar-refractivity contribution in [2.45, 2.75) is 0 Å². The Labute approximate surface area is 62.9 Å². The normalized spacial score (nSPS) is 6.88. The number of rotatable bonds is 1. The Balaban J connectivity index is 0. The van der Waals surface area contributed by atoms with Crippen molar-refractivity contribution >= 4 is 33.7 Å². The lowest BCUT2D eigenvalue weighted by Gasteiger charge is -1.68. The van der Waals surface area contributed by atoms with Crippen LogP contribution in [0.5, 0.6) is 0 Å². The zero-order chi connectivity index (χ0) is 6.99. The topological polar surface area (TPSA) is 75.9 Å². The molecule has 0 atom stereocenters. The highest BCUT2D eigenvalue weighted by Crippen LogP contribution is 1.67. The standard InChI is InChI=1S/C2H6BrN.CH4N2S/c3-1-2-4;2-1(3)4/h1-2,4H2;(H4,2,3,4). The molecule has 8 heavy (non-hydrogen) atoms. The average Bonchev–Trinajstić information content (AvgIpc) is 1.65. The molecule has 0 fully saturated rings. The largest absolute Gasteiger partial charge is 0.379 e. The van der Waals surface area contributed by atoms with E-state index in [-0.39, 0.29) is 5.17 Å². The molecule has 3 nitrogen and oxygen atoms in total. The van der Waals surface area contributed by atoms with Crippen LogP contribution in [-0.4, -0.2) is 17.0 Å². The van der Waals surface area contributed by atoms with Crippen molar-refractivity contribution in [3.8, 4) is 0 Å². The predicted molar refractivity (Wildman–Crippen MR) is 43.7 cm³/mol. The van der Waals surface area contributed by atoms with Gasteiger partial charge in [-0.3, -0.25) is 5.41 Å². The predicted octanol–water partition coefficient (Wildman–Crippen LogP) is 0.150. The summed E-state index contributed by atoms with van der Waals surface area (Å²) in [6, 6.07) is 0. The van der Waals surface area contributed by atoms with Crippen molar-refractivity contribution in [3.05, 3.63) is 0 Å². The average molecular weight is 200 g/mol. The minimum absolute atomic E-state index is 0.139. The van der Waals surface area contributed by atoms with Crippen LogP contribution in [0.25, 0.3) is 0 Å². The second-order valence-electron chi connectivity index (χ2n) is 0.863. The molecule has 0 saturated carbocycles. The summed E-state index contributed by atoms with van der Waals surface area (Å²) in [7, 11) is 0. The third-order valence-corrected chi connectivity index (χ3v) is 0.567. The number of halogens is 1. The van der Waals surface area contributed by atoms with Crippen molar-refractivity contribution < 1.29 is 0 Å².